The minimum atomic E-state index is -3.81. The predicted octanol–water partition coefficient (Wildman–Crippen LogP) is 6.33. The number of benzene rings is 3. The van der Waals surface area contributed by atoms with Crippen LogP contribution in [0.5, 0.6) is 23.0 Å². The van der Waals surface area contributed by atoms with Gasteiger partial charge in [-0.05, 0) is 86.3 Å². The van der Waals surface area contributed by atoms with Crippen LogP contribution in [0.4, 0.5) is 0 Å². The number of hydrogen-bond donors (Lipinski definition) is 2. The zero-order valence-electron chi connectivity index (χ0n) is 23.0. The van der Waals surface area contributed by atoms with Crippen LogP contribution >= 0.6 is 11.6 Å². The van der Waals surface area contributed by atoms with Gasteiger partial charge in [0, 0.05) is 40.6 Å². The Labute approximate surface area is 240 Å². The largest absolute Gasteiger partial charge is 0.508 e. The first-order chi connectivity index (χ1) is 18.9. The van der Waals surface area contributed by atoms with Crippen LogP contribution in [0.25, 0.3) is 11.1 Å². The average molecular weight is 584 g/mol. The van der Waals surface area contributed by atoms with Crippen molar-refractivity contribution in [2.45, 2.75) is 44.2 Å². The number of allylic oxidation sites excluding steroid dienone is 1. The molecule has 2 aliphatic rings. The number of phenolic OH excluding ortho intramolecular Hbond substituents is 2. The van der Waals surface area contributed by atoms with Gasteiger partial charge < -0.3 is 19.7 Å². The smallest absolute Gasteiger partial charge is 0.179 e. The number of fused-ring (bicyclic) bond motifs is 1. The predicted molar refractivity (Wildman–Crippen MR) is 157 cm³/mol. The fraction of sp³-hybridized carbons (Fsp3) is 0.355. The number of nitrogens with zero attached hydrogens (tertiary/aromatic N) is 1. The summed E-state index contributed by atoms with van der Waals surface area (Å²) in [5.41, 5.74) is 2.74. The van der Waals surface area contributed by atoms with Gasteiger partial charge in [0.25, 0.3) is 0 Å². The number of aromatic hydroxyl groups is 2. The molecular formula is C31H34ClNO6S. The third kappa shape index (κ3) is 5.53. The first kappa shape index (κ1) is 28.3. The molecule has 1 saturated heterocycles. The second-order valence-corrected chi connectivity index (χ2v) is 13.2. The molecule has 0 bridgehead atoms. The molecule has 0 aromatic heterocycles. The molecule has 3 atom stereocenters. The minimum absolute atomic E-state index is 0.00811. The SMILES string of the molecule is CC1=C(c2cc(O)ccc2Cl)C(c2ccc(OC[C@H](C)N3CC[C@@H](C)C3)cc2)Oc2ccc(O)c(S(C)(=O)=O)c21. The number of phenols is 2. The molecule has 0 amide bonds. The summed E-state index contributed by atoms with van der Waals surface area (Å²) in [5.74, 6) is 1.43. The van der Waals surface area contributed by atoms with Crippen molar-refractivity contribution in [2.24, 2.45) is 5.92 Å². The van der Waals surface area contributed by atoms with Crippen LogP contribution in [0.1, 0.15) is 50.0 Å². The molecule has 2 aliphatic heterocycles. The molecule has 40 heavy (non-hydrogen) atoms. The summed E-state index contributed by atoms with van der Waals surface area (Å²) in [5, 5.41) is 21.2. The quantitative estimate of drug-likeness (QED) is 0.335. The third-order valence-corrected chi connectivity index (χ3v) is 9.23. The van der Waals surface area contributed by atoms with Crippen LogP contribution in [0, 0.1) is 5.92 Å². The first-order valence-electron chi connectivity index (χ1n) is 13.3. The van der Waals surface area contributed by atoms with E-state index in [2.05, 4.69) is 18.7 Å². The van der Waals surface area contributed by atoms with E-state index in [9.17, 15) is 18.6 Å². The highest BCUT2D eigenvalue weighted by molar-refractivity contribution is 7.90. The summed E-state index contributed by atoms with van der Waals surface area (Å²) in [7, 11) is -3.81. The molecular weight excluding hydrogens is 550 g/mol. The Kier molecular flexibility index (Phi) is 7.79. The summed E-state index contributed by atoms with van der Waals surface area (Å²) in [6.45, 7) is 9.00. The van der Waals surface area contributed by atoms with Gasteiger partial charge in [-0.15, -0.1) is 0 Å². The van der Waals surface area contributed by atoms with E-state index in [-0.39, 0.29) is 22.0 Å². The molecule has 0 spiro atoms. The first-order valence-corrected chi connectivity index (χ1v) is 15.6. The Hall–Kier alpha value is -3.20. The molecule has 212 valence electrons. The number of likely N-dealkylation sites (tertiary alicyclic amines) is 1. The molecule has 5 rings (SSSR count). The van der Waals surface area contributed by atoms with E-state index in [4.69, 9.17) is 21.1 Å². The number of ether oxygens (including phenoxy) is 2. The van der Waals surface area contributed by atoms with Gasteiger partial charge in [-0.25, -0.2) is 8.42 Å². The Morgan fingerprint density at radius 3 is 2.50 bits per heavy atom. The molecule has 7 nitrogen and oxygen atoms in total. The molecule has 2 N–H and O–H groups in total. The standard InChI is InChI=1S/C31H34ClNO6S/c1-18-13-14-33(16-18)19(2)17-38-23-8-5-21(6-9-23)30-28(24-15-22(34)7-10-25(24)32)20(3)29-27(39-30)12-11-26(35)31(29)40(4,36)37/h5-12,15,18-19,30,34-35H,13-14,16-17H2,1-4H3/t18-,19+,30?/m1/s1. The van der Waals surface area contributed by atoms with E-state index in [0.29, 0.717) is 46.0 Å². The van der Waals surface area contributed by atoms with Gasteiger partial charge in [-0.3, -0.25) is 4.90 Å². The van der Waals surface area contributed by atoms with Crippen molar-refractivity contribution < 1.29 is 28.1 Å². The second kappa shape index (κ2) is 11.0. The van der Waals surface area contributed by atoms with Crippen molar-refractivity contribution in [3.05, 3.63) is 76.3 Å². The van der Waals surface area contributed by atoms with Gasteiger partial charge in [0.05, 0.1) is 0 Å². The molecule has 3 aromatic rings. The molecule has 3 aromatic carbocycles. The van der Waals surface area contributed by atoms with Crippen molar-refractivity contribution >= 4 is 32.6 Å². The Bertz CT molecular complexity index is 1570. The fourth-order valence-corrected chi connectivity index (χ4v) is 6.92. The normalized spacial score (nSPS) is 20.2. The fourth-order valence-electron chi connectivity index (χ4n) is 5.63. The molecule has 1 fully saturated rings. The lowest BCUT2D eigenvalue weighted by Crippen LogP contribution is -2.35. The van der Waals surface area contributed by atoms with Crippen molar-refractivity contribution in [3.63, 3.8) is 0 Å². The molecule has 0 aliphatic carbocycles. The summed E-state index contributed by atoms with van der Waals surface area (Å²) < 4.78 is 38.0. The summed E-state index contributed by atoms with van der Waals surface area (Å²) in [6.07, 6.45) is 1.60. The summed E-state index contributed by atoms with van der Waals surface area (Å²) in [6, 6.07) is 15.4. The average Bonchev–Trinajstić information content (AvgIpc) is 3.35. The van der Waals surface area contributed by atoms with E-state index in [1.165, 1.54) is 24.6 Å². The van der Waals surface area contributed by atoms with Gasteiger partial charge in [0.2, 0.25) is 0 Å². The molecule has 1 unspecified atom stereocenters. The molecule has 2 heterocycles. The van der Waals surface area contributed by atoms with E-state index in [1.807, 2.05) is 24.3 Å². The van der Waals surface area contributed by atoms with Crippen molar-refractivity contribution in [2.75, 3.05) is 26.0 Å². The maximum absolute atomic E-state index is 12.7. The Balaban J connectivity index is 1.53. The topological polar surface area (TPSA) is 96.3 Å². The lowest BCUT2D eigenvalue weighted by Gasteiger charge is -2.32. The van der Waals surface area contributed by atoms with Crippen molar-refractivity contribution in [1.82, 2.24) is 4.90 Å². The number of hydrogen-bond acceptors (Lipinski definition) is 7. The Morgan fingerprint density at radius 2 is 1.85 bits per heavy atom. The number of sulfone groups is 1. The lowest BCUT2D eigenvalue weighted by molar-refractivity contribution is 0.169. The van der Waals surface area contributed by atoms with Gasteiger partial charge in [0.15, 0.2) is 9.84 Å². The second-order valence-electron chi connectivity index (χ2n) is 10.9. The maximum Gasteiger partial charge on any atom is 0.179 e. The summed E-state index contributed by atoms with van der Waals surface area (Å²) >= 11 is 6.60. The highest BCUT2D eigenvalue weighted by Crippen LogP contribution is 2.51. The van der Waals surface area contributed by atoms with E-state index in [0.717, 1.165) is 30.7 Å². The van der Waals surface area contributed by atoms with Gasteiger partial charge in [-0.1, -0.05) is 30.7 Å². The molecule has 9 heteroatoms. The van der Waals surface area contributed by atoms with Gasteiger partial charge >= 0.3 is 0 Å². The monoisotopic (exact) mass is 583 g/mol. The maximum atomic E-state index is 12.7. The van der Waals surface area contributed by atoms with Gasteiger partial charge in [0.1, 0.15) is 40.6 Å². The van der Waals surface area contributed by atoms with E-state index in [1.54, 1.807) is 19.1 Å². The van der Waals surface area contributed by atoms with Crippen molar-refractivity contribution in [1.29, 1.82) is 0 Å². The van der Waals surface area contributed by atoms with Crippen LogP contribution in [-0.2, 0) is 9.84 Å². The van der Waals surface area contributed by atoms with Crippen LogP contribution < -0.4 is 9.47 Å². The van der Waals surface area contributed by atoms with Crippen LogP contribution in [0.3, 0.4) is 0 Å². The molecule has 0 radical (unpaired) electrons. The summed E-state index contributed by atoms with van der Waals surface area (Å²) in [4.78, 5) is 2.24. The highest BCUT2D eigenvalue weighted by Gasteiger charge is 2.35. The lowest BCUT2D eigenvalue weighted by atomic mass is 9.86. The third-order valence-electron chi connectivity index (χ3n) is 7.75. The number of rotatable bonds is 7. The number of halogens is 1. The van der Waals surface area contributed by atoms with Crippen LogP contribution in [0.2, 0.25) is 5.02 Å². The zero-order chi connectivity index (χ0) is 28.8. The zero-order valence-corrected chi connectivity index (χ0v) is 24.6. The van der Waals surface area contributed by atoms with E-state index >= 15 is 0 Å². The highest BCUT2D eigenvalue weighted by atomic mass is 35.5. The Morgan fingerprint density at radius 1 is 1.12 bits per heavy atom. The van der Waals surface area contributed by atoms with Crippen LogP contribution in [-0.4, -0.2) is 55.5 Å². The molecule has 0 saturated carbocycles. The minimum Gasteiger partial charge on any atom is -0.508 e. The van der Waals surface area contributed by atoms with Crippen molar-refractivity contribution in [3.8, 4) is 23.0 Å². The van der Waals surface area contributed by atoms with Crippen LogP contribution in [0.15, 0.2) is 59.5 Å². The van der Waals surface area contributed by atoms with Gasteiger partial charge in [-0.2, -0.15) is 0 Å². The van der Waals surface area contributed by atoms with E-state index < -0.39 is 15.9 Å².